The Morgan fingerprint density at radius 1 is 0.955 bits per heavy atom. The molecule has 0 aliphatic carbocycles. The molecule has 0 N–H and O–H groups in total. The average molecular weight is 291 g/mol. The van der Waals surface area contributed by atoms with Crippen molar-refractivity contribution in [3.63, 3.8) is 0 Å². The minimum atomic E-state index is -0.461. The first-order valence-electron chi connectivity index (χ1n) is 6.77. The van der Waals surface area contributed by atoms with Crippen LogP contribution in [0.15, 0.2) is 82.1 Å². The molecule has 3 rings (SSSR count). The van der Waals surface area contributed by atoms with E-state index in [2.05, 4.69) is 4.99 Å². The van der Waals surface area contributed by atoms with Gasteiger partial charge in [0.25, 0.3) is 0 Å². The number of carbonyl (C=O) groups excluding carboxylic acids is 1. The van der Waals surface area contributed by atoms with E-state index in [-0.39, 0.29) is 11.6 Å². The third kappa shape index (κ3) is 3.49. The summed E-state index contributed by atoms with van der Waals surface area (Å²) in [6.45, 7) is 0. The van der Waals surface area contributed by atoms with Crippen LogP contribution in [-0.4, -0.2) is 11.9 Å². The van der Waals surface area contributed by atoms with Gasteiger partial charge in [0.2, 0.25) is 5.90 Å². The molecule has 0 saturated heterocycles. The number of carbonyl (C=O) groups is 1. The van der Waals surface area contributed by atoms with Crippen molar-refractivity contribution in [1.82, 2.24) is 0 Å². The third-order valence-electron chi connectivity index (χ3n) is 2.91. The predicted molar refractivity (Wildman–Crippen MR) is 84.8 cm³/mol. The maximum absolute atomic E-state index is 11.7. The van der Waals surface area contributed by atoms with Gasteiger partial charge in [-0.1, -0.05) is 36.4 Å². The number of hydrogen-bond acceptors (Lipinski definition) is 4. The topological polar surface area (TPSA) is 51.8 Å². The summed E-state index contributed by atoms with van der Waals surface area (Å²) in [5.74, 6) is 0.527. The van der Waals surface area contributed by atoms with Crippen molar-refractivity contribution in [2.24, 2.45) is 4.99 Å². The van der Waals surface area contributed by atoms with Gasteiger partial charge in [0, 0.05) is 6.08 Å². The van der Waals surface area contributed by atoms with E-state index in [1.54, 1.807) is 36.6 Å². The second kappa shape index (κ2) is 6.54. The Morgan fingerprint density at radius 3 is 2.59 bits per heavy atom. The first-order chi connectivity index (χ1) is 10.8. The number of aliphatic imine (C=N–C) groups is 1. The van der Waals surface area contributed by atoms with Crippen LogP contribution in [0.1, 0.15) is 11.3 Å². The van der Waals surface area contributed by atoms with E-state index in [0.29, 0.717) is 5.76 Å². The number of rotatable bonds is 4. The van der Waals surface area contributed by atoms with Gasteiger partial charge in [0.1, 0.15) is 5.76 Å². The monoisotopic (exact) mass is 291 g/mol. The van der Waals surface area contributed by atoms with Gasteiger partial charge in [-0.15, -0.1) is 0 Å². The molecule has 4 nitrogen and oxygen atoms in total. The zero-order valence-corrected chi connectivity index (χ0v) is 11.7. The highest BCUT2D eigenvalue weighted by Crippen LogP contribution is 2.13. The van der Waals surface area contributed by atoms with Crippen LogP contribution in [0.2, 0.25) is 0 Å². The van der Waals surface area contributed by atoms with Crippen LogP contribution in [-0.2, 0) is 9.53 Å². The Kier molecular flexibility index (Phi) is 4.11. The van der Waals surface area contributed by atoms with E-state index in [0.717, 1.165) is 5.56 Å². The molecule has 108 valence electrons. The minimum Gasteiger partial charge on any atom is -0.465 e. The normalized spacial score (nSPS) is 16.6. The second-order valence-electron chi connectivity index (χ2n) is 4.51. The van der Waals surface area contributed by atoms with Crippen molar-refractivity contribution in [3.05, 3.63) is 84.0 Å². The van der Waals surface area contributed by atoms with Gasteiger partial charge in [-0.05, 0) is 35.9 Å². The molecule has 0 fully saturated rings. The summed E-state index contributed by atoms with van der Waals surface area (Å²) >= 11 is 0. The molecular formula is C18H13NO3. The van der Waals surface area contributed by atoms with E-state index in [9.17, 15) is 4.79 Å². The molecule has 1 aromatic carbocycles. The molecule has 0 atom stereocenters. The van der Waals surface area contributed by atoms with E-state index in [1.165, 1.54) is 0 Å². The summed E-state index contributed by atoms with van der Waals surface area (Å²) in [5.41, 5.74) is 1.27. The molecule has 0 bridgehead atoms. The van der Waals surface area contributed by atoms with Crippen molar-refractivity contribution >= 4 is 24.0 Å². The van der Waals surface area contributed by atoms with Crippen molar-refractivity contribution in [2.45, 2.75) is 0 Å². The van der Waals surface area contributed by atoms with E-state index in [4.69, 9.17) is 9.15 Å². The standard InChI is InChI=1S/C18H13NO3/c20-18-16(10-4-8-15-9-5-13-21-15)19-17(22-18)12-11-14-6-2-1-3-7-14/h1-13H/b8-4+,12-11+,16-10-. The Balaban J connectivity index is 1.70. The summed E-state index contributed by atoms with van der Waals surface area (Å²) in [6.07, 6.45) is 10.1. The van der Waals surface area contributed by atoms with Gasteiger partial charge in [-0.25, -0.2) is 9.79 Å². The molecule has 1 aliphatic heterocycles. The number of benzene rings is 1. The highest BCUT2D eigenvalue weighted by Gasteiger charge is 2.20. The molecule has 0 spiro atoms. The van der Waals surface area contributed by atoms with Gasteiger partial charge < -0.3 is 9.15 Å². The minimum absolute atomic E-state index is 0.260. The molecule has 2 aromatic rings. The zero-order chi connectivity index (χ0) is 15.2. The molecule has 0 unspecified atom stereocenters. The molecule has 22 heavy (non-hydrogen) atoms. The smallest absolute Gasteiger partial charge is 0.363 e. The van der Waals surface area contributed by atoms with Gasteiger partial charge in [-0.3, -0.25) is 0 Å². The number of ether oxygens (including phenoxy) is 1. The lowest BCUT2D eigenvalue weighted by Crippen LogP contribution is -2.00. The van der Waals surface area contributed by atoms with Gasteiger partial charge in [0.15, 0.2) is 5.70 Å². The fourth-order valence-electron chi connectivity index (χ4n) is 1.86. The van der Waals surface area contributed by atoms with E-state index in [1.807, 2.05) is 42.5 Å². The lowest BCUT2D eigenvalue weighted by Gasteiger charge is -1.92. The quantitative estimate of drug-likeness (QED) is 0.635. The summed E-state index contributed by atoms with van der Waals surface area (Å²) in [6, 6.07) is 13.3. The average Bonchev–Trinajstić information content (AvgIpc) is 3.17. The van der Waals surface area contributed by atoms with Crippen LogP contribution in [0.5, 0.6) is 0 Å². The van der Waals surface area contributed by atoms with Gasteiger partial charge >= 0.3 is 5.97 Å². The number of allylic oxidation sites excluding steroid dienone is 2. The molecule has 1 aromatic heterocycles. The maximum Gasteiger partial charge on any atom is 0.363 e. The van der Waals surface area contributed by atoms with Crippen LogP contribution < -0.4 is 0 Å². The number of cyclic esters (lactones) is 1. The van der Waals surface area contributed by atoms with Crippen molar-refractivity contribution < 1.29 is 13.9 Å². The molecule has 0 saturated carbocycles. The molecule has 4 heteroatoms. The summed E-state index contributed by atoms with van der Waals surface area (Å²) in [4.78, 5) is 15.8. The summed E-state index contributed by atoms with van der Waals surface area (Å²) in [5, 5.41) is 0. The number of hydrogen-bond donors (Lipinski definition) is 0. The third-order valence-corrected chi connectivity index (χ3v) is 2.91. The Bertz CT molecular complexity index is 766. The van der Waals surface area contributed by atoms with E-state index < -0.39 is 5.97 Å². The fourth-order valence-corrected chi connectivity index (χ4v) is 1.86. The molecule has 0 amide bonds. The van der Waals surface area contributed by atoms with Crippen molar-refractivity contribution in [2.75, 3.05) is 0 Å². The van der Waals surface area contributed by atoms with Crippen LogP contribution in [0.4, 0.5) is 0 Å². The highest BCUT2D eigenvalue weighted by molar-refractivity contribution is 6.09. The van der Waals surface area contributed by atoms with Gasteiger partial charge in [0.05, 0.1) is 6.26 Å². The molecule has 2 heterocycles. The van der Waals surface area contributed by atoms with Gasteiger partial charge in [-0.2, -0.15) is 0 Å². The largest absolute Gasteiger partial charge is 0.465 e. The molecule has 1 aliphatic rings. The number of nitrogens with zero attached hydrogens (tertiary/aromatic N) is 1. The first-order valence-corrected chi connectivity index (χ1v) is 6.77. The number of furan rings is 1. The van der Waals surface area contributed by atoms with Crippen LogP contribution in [0.3, 0.4) is 0 Å². The Labute approximate surface area is 127 Å². The van der Waals surface area contributed by atoms with Crippen LogP contribution in [0.25, 0.3) is 12.2 Å². The summed E-state index contributed by atoms with van der Waals surface area (Å²) < 4.78 is 10.2. The summed E-state index contributed by atoms with van der Waals surface area (Å²) in [7, 11) is 0. The van der Waals surface area contributed by atoms with E-state index >= 15 is 0 Å². The fraction of sp³-hybridized carbons (Fsp3) is 0. The molecule has 0 radical (unpaired) electrons. The lowest BCUT2D eigenvalue weighted by atomic mass is 10.2. The van der Waals surface area contributed by atoms with Crippen molar-refractivity contribution in [1.29, 1.82) is 0 Å². The number of esters is 1. The predicted octanol–water partition coefficient (Wildman–Crippen LogP) is 3.85. The Morgan fingerprint density at radius 2 is 1.82 bits per heavy atom. The highest BCUT2D eigenvalue weighted by atomic mass is 16.6. The zero-order valence-electron chi connectivity index (χ0n) is 11.7. The van der Waals surface area contributed by atoms with Crippen LogP contribution >= 0.6 is 0 Å². The SMILES string of the molecule is O=C1OC(/C=C/c2ccccc2)=NC/1=C\C=C\c1ccco1. The first kappa shape index (κ1) is 13.8. The second-order valence-corrected chi connectivity index (χ2v) is 4.51. The Hall–Kier alpha value is -3.14. The molecular weight excluding hydrogens is 278 g/mol. The van der Waals surface area contributed by atoms with Crippen LogP contribution in [0, 0.1) is 0 Å². The lowest BCUT2D eigenvalue weighted by molar-refractivity contribution is -0.129. The van der Waals surface area contributed by atoms with Crippen molar-refractivity contribution in [3.8, 4) is 0 Å². The maximum atomic E-state index is 11.7.